The molecule has 0 bridgehead atoms. The zero-order valence-corrected chi connectivity index (χ0v) is 11.4. The number of benzene rings is 1. The van der Waals surface area contributed by atoms with Gasteiger partial charge in [-0.3, -0.25) is 0 Å². The quantitative estimate of drug-likeness (QED) is 0.766. The maximum absolute atomic E-state index is 8.95. The van der Waals surface area contributed by atoms with Crippen molar-refractivity contribution in [1.29, 1.82) is 0 Å². The van der Waals surface area contributed by atoms with Gasteiger partial charge in [-0.25, -0.2) is 0 Å². The van der Waals surface area contributed by atoms with Crippen LogP contribution >= 0.6 is 0 Å². The molecule has 1 aromatic carbocycles. The van der Waals surface area contributed by atoms with E-state index in [2.05, 4.69) is 36.3 Å². The van der Waals surface area contributed by atoms with Crippen LogP contribution in [0.4, 0.5) is 0 Å². The molecule has 0 saturated carbocycles. The molecular weight excluding hydrogens is 238 g/mol. The number of hydrogen-bond donors (Lipinski definition) is 1. The van der Waals surface area contributed by atoms with Crippen LogP contribution in [0.1, 0.15) is 43.9 Å². The smallest absolute Gasteiger partial charge is 0.162 e. The van der Waals surface area contributed by atoms with Gasteiger partial charge in [-0.15, -0.1) is 0 Å². The summed E-state index contributed by atoms with van der Waals surface area (Å²) in [7, 11) is 0. The topological polar surface area (TPSA) is 46.3 Å². The molecule has 0 atom stereocenters. The Morgan fingerprint density at radius 2 is 1.89 bits per heavy atom. The van der Waals surface area contributed by atoms with Gasteiger partial charge in [0.15, 0.2) is 5.76 Å². The Hall–Kier alpha value is -1.61. The number of aromatic nitrogens is 1. The molecular formula is C16H21NO2. The second-order valence-electron chi connectivity index (χ2n) is 4.84. The van der Waals surface area contributed by atoms with Gasteiger partial charge in [0.25, 0.3) is 0 Å². The van der Waals surface area contributed by atoms with Crippen LogP contribution in [-0.2, 0) is 13.0 Å². The van der Waals surface area contributed by atoms with Crippen LogP contribution in [0.5, 0.6) is 0 Å². The number of nitrogens with zero attached hydrogens (tertiary/aromatic N) is 1. The zero-order chi connectivity index (χ0) is 13.5. The fourth-order valence-corrected chi connectivity index (χ4v) is 2.12. The van der Waals surface area contributed by atoms with E-state index in [4.69, 9.17) is 9.63 Å². The number of aliphatic hydroxyl groups is 1. The van der Waals surface area contributed by atoms with E-state index in [1.54, 1.807) is 6.07 Å². The van der Waals surface area contributed by atoms with E-state index in [-0.39, 0.29) is 6.61 Å². The standard InChI is InChI=1S/C16H21NO2/c1-2-3-4-5-6-13-7-9-14(10-8-13)16-11-15(12-18)19-17-16/h7-11,18H,2-6,12H2,1H3. The summed E-state index contributed by atoms with van der Waals surface area (Å²) in [4.78, 5) is 0. The van der Waals surface area contributed by atoms with Gasteiger partial charge in [0.2, 0.25) is 0 Å². The summed E-state index contributed by atoms with van der Waals surface area (Å²) in [6.07, 6.45) is 6.30. The lowest BCUT2D eigenvalue weighted by Gasteiger charge is -2.02. The van der Waals surface area contributed by atoms with E-state index in [1.165, 1.54) is 31.2 Å². The predicted molar refractivity (Wildman–Crippen MR) is 75.7 cm³/mol. The van der Waals surface area contributed by atoms with E-state index in [9.17, 15) is 0 Å². The summed E-state index contributed by atoms with van der Waals surface area (Å²) in [6, 6.07) is 10.2. The highest BCUT2D eigenvalue weighted by Gasteiger charge is 2.05. The maximum Gasteiger partial charge on any atom is 0.162 e. The number of aliphatic hydroxyl groups excluding tert-OH is 1. The summed E-state index contributed by atoms with van der Waals surface area (Å²) in [5.74, 6) is 0.499. The van der Waals surface area contributed by atoms with Gasteiger partial charge < -0.3 is 9.63 Å². The van der Waals surface area contributed by atoms with Crippen molar-refractivity contribution in [2.75, 3.05) is 0 Å². The average molecular weight is 259 g/mol. The molecule has 0 fully saturated rings. The molecule has 0 amide bonds. The summed E-state index contributed by atoms with van der Waals surface area (Å²) in [5.41, 5.74) is 3.17. The molecule has 3 nitrogen and oxygen atoms in total. The second kappa shape index (κ2) is 7.10. The van der Waals surface area contributed by atoms with Crippen molar-refractivity contribution < 1.29 is 9.63 Å². The summed E-state index contributed by atoms with van der Waals surface area (Å²) in [5, 5.41) is 12.9. The first-order chi connectivity index (χ1) is 9.33. The van der Waals surface area contributed by atoms with Crippen LogP contribution in [0.2, 0.25) is 0 Å². The largest absolute Gasteiger partial charge is 0.388 e. The van der Waals surface area contributed by atoms with Gasteiger partial charge in [0.05, 0.1) is 0 Å². The van der Waals surface area contributed by atoms with Gasteiger partial charge in [-0.1, -0.05) is 55.6 Å². The Balaban J connectivity index is 1.94. The van der Waals surface area contributed by atoms with E-state index < -0.39 is 0 Å². The van der Waals surface area contributed by atoms with Gasteiger partial charge in [-0.05, 0) is 18.4 Å². The molecule has 0 aliphatic heterocycles. The van der Waals surface area contributed by atoms with Crippen LogP contribution in [0.25, 0.3) is 11.3 Å². The molecule has 2 aromatic rings. The zero-order valence-electron chi connectivity index (χ0n) is 11.4. The molecule has 102 valence electrons. The third-order valence-corrected chi connectivity index (χ3v) is 3.28. The molecule has 1 heterocycles. The Morgan fingerprint density at radius 3 is 2.53 bits per heavy atom. The van der Waals surface area contributed by atoms with Crippen molar-refractivity contribution in [3.05, 3.63) is 41.7 Å². The van der Waals surface area contributed by atoms with E-state index in [0.29, 0.717) is 5.76 Å². The van der Waals surface area contributed by atoms with Crippen molar-refractivity contribution in [2.24, 2.45) is 0 Å². The van der Waals surface area contributed by atoms with E-state index in [1.807, 2.05) is 0 Å². The first-order valence-corrected chi connectivity index (χ1v) is 6.99. The Kier molecular flexibility index (Phi) is 5.16. The van der Waals surface area contributed by atoms with Crippen molar-refractivity contribution in [3.63, 3.8) is 0 Å². The number of rotatable bonds is 7. The van der Waals surface area contributed by atoms with Crippen molar-refractivity contribution in [1.82, 2.24) is 5.16 Å². The molecule has 19 heavy (non-hydrogen) atoms. The van der Waals surface area contributed by atoms with Crippen molar-refractivity contribution >= 4 is 0 Å². The lowest BCUT2D eigenvalue weighted by atomic mass is 10.0. The van der Waals surface area contributed by atoms with Gasteiger partial charge in [-0.2, -0.15) is 0 Å². The third-order valence-electron chi connectivity index (χ3n) is 3.28. The van der Waals surface area contributed by atoms with Crippen LogP contribution in [0.3, 0.4) is 0 Å². The van der Waals surface area contributed by atoms with Crippen LogP contribution in [0.15, 0.2) is 34.9 Å². The van der Waals surface area contributed by atoms with E-state index in [0.717, 1.165) is 17.7 Å². The maximum atomic E-state index is 8.95. The van der Waals surface area contributed by atoms with Crippen molar-refractivity contribution in [2.45, 2.75) is 45.6 Å². The van der Waals surface area contributed by atoms with Crippen LogP contribution in [-0.4, -0.2) is 10.3 Å². The molecule has 0 unspecified atom stereocenters. The number of unbranched alkanes of at least 4 members (excludes halogenated alkanes) is 3. The van der Waals surface area contributed by atoms with Crippen LogP contribution < -0.4 is 0 Å². The Bertz CT molecular complexity index is 488. The van der Waals surface area contributed by atoms with Gasteiger partial charge in [0.1, 0.15) is 12.3 Å². The van der Waals surface area contributed by atoms with Crippen molar-refractivity contribution in [3.8, 4) is 11.3 Å². The molecule has 0 aliphatic rings. The molecule has 3 heteroatoms. The van der Waals surface area contributed by atoms with Gasteiger partial charge >= 0.3 is 0 Å². The fourth-order valence-electron chi connectivity index (χ4n) is 2.12. The highest BCUT2D eigenvalue weighted by molar-refractivity contribution is 5.59. The fraction of sp³-hybridized carbons (Fsp3) is 0.438. The third kappa shape index (κ3) is 3.93. The lowest BCUT2D eigenvalue weighted by Crippen LogP contribution is -1.86. The molecule has 2 rings (SSSR count). The number of hydrogen-bond acceptors (Lipinski definition) is 3. The summed E-state index contributed by atoms with van der Waals surface area (Å²) in [6.45, 7) is 2.12. The molecule has 1 N–H and O–H groups in total. The Labute approximate surface area is 114 Å². The monoisotopic (exact) mass is 259 g/mol. The summed E-state index contributed by atoms with van der Waals surface area (Å²) >= 11 is 0. The Morgan fingerprint density at radius 1 is 1.11 bits per heavy atom. The van der Waals surface area contributed by atoms with Gasteiger partial charge in [0, 0.05) is 11.6 Å². The minimum atomic E-state index is -0.109. The second-order valence-corrected chi connectivity index (χ2v) is 4.84. The molecule has 0 spiro atoms. The minimum Gasteiger partial charge on any atom is -0.388 e. The first kappa shape index (κ1) is 13.8. The normalized spacial score (nSPS) is 10.8. The predicted octanol–water partition coefficient (Wildman–Crippen LogP) is 3.96. The highest BCUT2D eigenvalue weighted by Crippen LogP contribution is 2.20. The van der Waals surface area contributed by atoms with E-state index >= 15 is 0 Å². The lowest BCUT2D eigenvalue weighted by molar-refractivity contribution is 0.229. The molecule has 1 aromatic heterocycles. The molecule has 0 aliphatic carbocycles. The summed E-state index contributed by atoms with van der Waals surface area (Å²) < 4.78 is 4.99. The highest BCUT2D eigenvalue weighted by atomic mass is 16.5. The first-order valence-electron chi connectivity index (χ1n) is 6.99. The van der Waals surface area contributed by atoms with Crippen LogP contribution in [0, 0.1) is 0 Å². The average Bonchev–Trinajstić information content (AvgIpc) is 2.93. The SMILES string of the molecule is CCCCCCc1ccc(-c2cc(CO)on2)cc1. The molecule has 0 radical (unpaired) electrons. The number of aryl methyl sites for hydroxylation is 1. The molecule has 0 saturated heterocycles. The minimum absolute atomic E-state index is 0.109.